The first kappa shape index (κ1) is 24.5. The van der Waals surface area contributed by atoms with Gasteiger partial charge < -0.3 is 9.47 Å². The molecule has 1 heterocycles. The summed E-state index contributed by atoms with van der Waals surface area (Å²) in [5.41, 5.74) is -0.366. The minimum Gasteiger partial charge on any atom is -0.497 e. The van der Waals surface area contributed by atoms with Crippen LogP contribution in [0.15, 0.2) is 66.1 Å². The molecule has 0 amide bonds. The second-order valence-electron chi connectivity index (χ2n) is 7.86. The van der Waals surface area contributed by atoms with Crippen molar-refractivity contribution in [2.75, 3.05) is 7.11 Å². The number of halogens is 1. The van der Waals surface area contributed by atoms with Gasteiger partial charge in [0.1, 0.15) is 17.4 Å². The van der Waals surface area contributed by atoms with E-state index in [4.69, 9.17) is 9.47 Å². The molecule has 1 aromatic heterocycles. The van der Waals surface area contributed by atoms with Gasteiger partial charge in [0.2, 0.25) is 10.0 Å². The van der Waals surface area contributed by atoms with E-state index in [-0.39, 0.29) is 11.4 Å². The fourth-order valence-corrected chi connectivity index (χ4v) is 4.37. The molecule has 0 spiro atoms. The Kier molecular flexibility index (Phi) is 7.91. The van der Waals surface area contributed by atoms with E-state index in [0.717, 1.165) is 4.31 Å². The number of carbonyl (C=O) groups excluding carboxylic acids is 1. The molecule has 2 rings (SSSR count). The summed E-state index contributed by atoms with van der Waals surface area (Å²) in [7, 11) is -2.77. The third kappa shape index (κ3) is 6.86. The average Bonchev–Trinajstić information content (AvgIpc) is 2.69. The van der Waals surface area contributed by atoms with E-state index < -0.39 is 39.9 Å². The second-order valence-corrected chi connectivity index (χ2v) is 9.75. The van der Waals surface area contributed by atoms with Gasteiger partial charge in [-0.15, -0.1) is 0 Å². The maximum atomic E-state index is 13.9. The summed E-state index contributed by atoms with van der Waals surface area (Å²) in [6.45, 7) is 7.95. The Hall–Kier alpha value is -2.78. The van der Waals surface area contributed by atoms with E-state index in [1.54, 1.807) is 39.1 Å². The number of benzene rings is 1. The molecule has 2 aromatic rings. The van der Waals surface area contributed by atoms with E-state index in [2.05, 4.69) is 11.6 Å². The first-order valence-corrected chi connectivity index (χ1v) is 11.0. The van der Waals surface area contributed by atoms with Gasteiger partial charge in [-0.2, -0.15) is 4.31 Å². The number of aromatic nitrogens is 1. The number of esters is 1. The van der Waals surface area contributed by atoms with Crippen molar-refractivity contribution in [1.82, 2.24) is 9.29 Å². The third-order valence-electron chi connectivity index (χ3n) is 4.17. The highest BCUT2D eigenvalue weighted by molar-refractivity contribution is 7.89. The molecule has 0 unspecified atom stereocenters. The van der Waals surface area contributed by atoms with Crippen molar-refractivity contribution < 1.29 is 27.1 Å². The molecule has 0 aliphatic rings. The normalized spacial score (nSPS) is 13.0. The molecular weight excluding hydrogens is 423 g/mol. The van der Waals surface area contributed by atoms with Gasteiger partial charge in [-0.25, -0.2) is 12.8 Å². The molecule has 0 saturated carbocycles. The molecule has 0 radical (unpaired) electrons. The van der Waals surface area contributed by atoms with Gasteiger partial charge in [-0.1, -0.05) is 12.6 Å². The lowest BCUT2D eigenvalue weighted by Gasteiger charge is -2.31. The predicted molar refractivity (Wildman–Crippen MR) is 114 cm³/mol. The largest absolute Gasteiger partial charge is 0.497 e. The molecule has 9 heteroatoms. The molecule has 0 fully saturated rings. The van der Waals surface area contributed by atoms with Gasteiger partial charge in [0.25, 0.3) is 0 Å². The van der Waals surface area contributed by atoms with E-state index in [1.807, 2.05) is 0 Å². The molecule has 0 N–H and O–H groups in total. The summed E-state index contributed by atoms with van der Waals surface area (Å²) in [5, 5.41) is 0. The van der Waals surface area contributed by atoms with E-state index in [9.17, 15) is 17.6 Å². The number of hydrogen-bond acceptors (Lipinski definition) is 6. The molecule has 7 nitrogen and oxygen atoms in total. The molecule has 0 saturated heterocycles. The van der Waals surface area contributed by atoms with Crippen LogP contribution >= 0.6 is 0 Å². The Balaban J connectivity index is 2.56. The zero-order valence-electron chi connectivity index (χ0n) is 18.0. The third-order valence-corrected chi connectivity index (χ3v) is 6.04. The Labute approximate surface area is 182 Å². The van der Waals surface area contributed by atoms with Crippen LogP contribution in [0.4, 0.5) is 4.39 Å². The molecular formula is C22H27FN2O5S. The number of nitrogens with zero attached hydrogens (tertiary/aromatic N) is 2. The highest BCUT2D eigenvalue weighted by Gasteiger charge is 2.39. The van der Waals surface area contributed by atoms with Crippen molar-refractivity contribution in [3.8, 4) is 5.75 Å². The summed E-state index contributed by atoms with van der Waals surface area (Å²) in [4.78, 5) is 16.9. The van der Waals surface area contributed by atoms with Gasteiger partial charge in [0, 0.05) is 25.4 Å². The fourth-order valence-electron chi connectivity index (χ4n) is 2.80. The van der Waals surface area contributed by atoms with E-state index in [0.29, 0.717) is 11.3 Å². The van der Waals surface area contributed by atoms with Crippen molar-refractivity contribution in [2.45, 2.75) is 50.3 Å². The van der Waals surface area contributed by atoms with Gasteiger partial charge in [-0.3, -0.25) is 9.78 Å². The zero-order valence-corrected chi connectivity index (χ0v) is 18.9. The maximum Gasteiger partial charge on any atom is 0.325 e. The van der Waals surface area contributed by atoms with Crippen LogP contribution < -0.4 is 4.74 Å². The second kappa shape index (κ2) is 10.0. The Bertz CT molecular complexity index is 1000. The first-order valence-electron chi connectivity index (χ1n) is 9.55. The minimum atomic E-state index is -4.23. The van der Waals surface area contributed by atoms with Crippen LogP contribution in [-0.4, -0.2) is 42.4 Å². The molecule has 0 aliphatic heterocycles. The van der Waals surface area contributed by atoms with Crippen LogP contribution in [0.5, 0.6) is 5.75 Å². The summed E-state index contributed by atoms with van der Waals surface area (Å²) in [6.07, 6.45) is 2.48. The summed E-state index contributed by atoms with van der Waals surface area (Å²) < 4.78 is 52.3. The lowest BCUT2D eigenvalue weighted by molar-refractivity contribution is -0.159. The van der Waals surface area contributed by atoms with Crippen LogP contribution in [-0.2, 0) is 26.1 Å². The molecule has 0 bridgehead atoms. The molecule has 0 aliphatic carbocycles. The topological polar surface area (TPSA) is 85.8 Å². The lowest BCUT2D eigenvalue weighted by Crippen LogP contribution is -2.47. The summed E-state index contributed by atoms with van der Waals surface area (Å²) in [6, 6.07) is 7.56. The van der Waals surface area contributed by atoms with Crippen LogP contribution in [0.25, 0.3) is 0 Å². The monoisotopic (exact) mass is 450 g/mol. The van der Waals surface area contributed by atoms with Crippen molar-refractivity contribution in [3.05, 3.63) is 66.8 Å². The number of methoxy groups -OCH3 is 1. The van der Waals surface area contributed by atoms with Crippen LogP contribution in [0.3, 0.4) is 0 Å². The molecule has 1 aromatic carbocycles. The number of ether oxygens (including phenoxy) is 2. The molecule has 168 valence electrons. The Morgan fingerprint density at radius 2 is 1.87 bits per heavy atom. The lowest BCUT2D eigenvalue weighted by atomic mass is 10.1. The van der Waals surface area contributed by atoms with E-state index >= 15 is 0 Å². The van der Waals surface area contributed by atoms with Gasteiger partial charge >= 0.3 is 5.97 Å². The van der Waals surface area contributed by atoms with Gasteiger partial charge in [-0.05, 0) is 56.7 Å². The zero-order chi connectivity index (χ0) is 23.2. The maximum absolute atomic E-state index is 13.9. The number of hydrogen-bond donors (Lipinski definition) is 0. The number of carbonyl (C=O) groups is 1. The number of sulfonamides is 1. The quantitative estimate of drug-likeness (QED) is 0.539. The van der Waals surface area contributed by atoms with Crippen molar-refractivity contribution in [2.24, 2.45) is 0 Å². The summed E-state index contributed by atoms with van der Waals surface area (Å²) >= 11 is 0. The minimum absolute atomic E-state index is 0.0739. The highest BCUT2D eigenvalue weighted by Crippen LogP contribution is 2.27. The van der Waals surface area contributed by atoms with Gasteiger partial charge in [0.05, 0.1) is 17.8 Å². The molecule has 31 heavy (non-hydrogen) atoms. The van der Waals surface area contributed by atoms with Crippen LogP contribution in [0.1, 0.15) is 32.8 Å². The van der Waals surface area contributed by atoms with Crippen LogP contribution in [0, 0.1) is 0 Å². The smallest absolute Gasteiger partial charge is 0.325 e. The van der Waals surface area contributed by atoms with Crippen molar-refractivity contribution in [1.29, 1.82) is 0 Å². The first-order chi connectivity index (χ1) is 14.4. The van der Waals surface area contributed by atoms with E-state index in [1.165, 1.54) is 37.6 Å². The summed E-state index contributed by atoms with van der Waals surface area (Å²) in [5.74, 6) is -1.23. The fraction of sp³-hybridized carbons (Fsp3) is 0.364. The number of rotatable bonds is 9. The highest BCUT2D eigenvalue weighted by atomic mass is 32.2. The standard InChI is InChI=1S/C22H27FN2O5S/c1-16(23)13-20(21(26)30-22(2,3)4)25(15-17-7-6-12-24-14-17)31(27,28)19-10-8-18(29-5)9-11-19/h6-12,14,20H,1,13,15H2,2-5H3/t20-/m1/s1. The Morgan fingerprint density at radius 3 is 2.35 bits per heavy atom. The van der Waals surface area contributed by atoms with Gasteiger partial charge in [0.15, 0.2) is 0 Å². The van der Waals surface area contributed by atoms with Crippen molar-refractivity contribution in [3.63, 3.8) is 0 Å². The molecule has 1 atom stereocenters. The average molecular weight is 451 g/mol. The Morgan fingerprint density at radius 1 is 1.23 bits per heavy atom. The predicted octanol–water partition coefficient (Wildman–Crippen LogP) is 3.86. The SMILES string of the molecule is C=C(F)C[C@H](C(=O)OC(C)(C)C)N(Cc1cccnc1)S(=O)(=O)c1ccc(OC)cc1. The van der Waals surface area contributed by atoms with Crippen LogP contribution in [0.2, 0.25) is 0 Å². The number of pyridine rings is 1. The van der Waals surface area contributed by atoms with Crippen molar-refractivity contribution >= 4 is 16.0 Å².